The molecule has 1 aliphatic heterocycles. The predicted octanol–water partition coefficient (Wildman–Crippen LogP) is 2.55. The summed E-state index contributed by atoms with van der Waals surface area (Å²) in [5, 5.41) is 8.59. The van der Waals surface area contributed by atoms with Gasteiger partial charge < -0.3 is 10.1 Å². The highest BCUT2D eigenvalue weighted by Crippen LogP contribution is 2.28. The molecule has 0 aliphatic carbocycles. The monoisotopic (exact) mass is 368 g/mol. The summed E-state index contributed by atoms with van der Waals surface area (Å²) in [5.41, 5.74) is 1.40. The minimum Gasteiger partial charge on any atom is -0.490 e. The second-order valence-corrected chi connectivity index (χ2v) is 7.16. The molecule has 130 valence electrons. The third-order valence-corrected chi connectivity index (χ3v) is 4.92. The minimum absolute atomic E-state index is 0. The second-order valence-electron chi connectivity index (χ2n) is 5.63. The number of halogens is 1. The van der Waals surface area contributed by atoms with Crippen LogP contribution in [-0.2, 0) is 10.0 Å². The molecule has 1 saturated heterocycles. The number of primary sulfonamides is 1. The van der Waals surface area contributed by atoms with Gasteiger partial charge in [-0.1, -0.05) is 30.3 Å². The number of piperidine rings is 1. The van der Waals surface area contributed by atoms with Gasteiger partial charge in [0.05, 0.1) is 4.90 Å². The Morgan fingerprint density at radius 3 is 2.25 bits per heavy atom. The van der Waals surface area contributed by atoms with Crippen LogP contribution in [0.5, 0.6) is 5.75 Å². The minimum atomic E-state index is -3.75. The Morgan fingerprint density at radius 2 is 1.62 bits per heavy atom. The SMILES string of the molecule is Cl.NS(=O)(=O)c1ccccc1-c1ccc(OC2CCNCC2)cc1. The Kier molecular flexibility index (Phi) is 6.23. The maximum absolute atomic E-state index is 11.7. The number of ether oxygens (including phenoxy) is 1. The molecule has 5 nitrogen and oxygen atoms in total. The largest absolute Gasteiger partial charge is 0.490 e. The number of benzene rings is 2. The summed E-state index contributed by atoms with van der Waals surface area (Å²) in [7, 11) is -3.75. The third-order valence-electron chi connectivity index (χ3n) is 3.95. The van der Waals surface area contributed by atoms with Gasteiger partial charge in [-0.05, 0) is 49.7 Å². The Labute approximate surface area is 148 Å². The highest BCUT2D eigenvalue weighted by atomic mass is 35.5. The fourth-order valence-electron chi connectivity index (χ4n) is 2.77. The molecule has 0 amide bonds. The Bertz CT molecular complexity index is 773. The Morgan fingerprint density at radius 1 is 1.00 bits per heavy atom. The number of hydrogen-bond acceptors (Lipinski definition) is 4. The van der Waals surface area contributed by atoms with E-state index >= 15 is 0 Å². The van der Waals surface area contributed by atoms with Crippen LogP contribution >= 0.6 is 12.4 Å². The molecule has 0 bridgehead atoms. The van der Waals surface area contributed by atoms with Gasteiger partial charge in [-0.15, -0.1) is 12.4 Å². The van der Waals surface area contributed by atoms with Crippen molar-refractivity contribution in [2.45, 2.75) is 23.8 Å². The zero-order valence-corrected chi connectivity index (χ0v) is 14.8. The fraction of sp³-hybridized carbons (Fsp3) is 0.294. The highest BCUT2D eigenvalue weighted by molar-refractivity contribution is 7.89. The van der Waals surface area contributed by atoms with E-state index in [-0.39, 0.29) is 23.4 Å². The number of nitrogens with two attached hydrogens (primary N) is 1. The molecule has 0 saturated carbocycles. The summed E-state index contributed by atoms with van der Waals surface area (Å²) in [5.74, 6) is 0.800. The molecule has 2 aromatic carbocycles. The first-order valence-electron chi connectivity index (χ1n) is 7.64. The van der Waals surface area contributed by atoms with Crippen molar-refractivity contribution < 1.29 is 13.2 Å². The first-order chi connectivity index (χ1) is 11.0. The normalized spacial score (nSPS) is 15.5. The van der Waals surface area contributed by atoms with E-state index in [2.05, 4.69) is 5.32 Å². The third kappa shape index (κ3) is 4.48. The molecule has 7 heteroatoms. The van der Waals surface area contributed by atoms with E-state index in [9.17, 15) is 8.42 Å². The van der Waals surface area contributed by atoms with E-state index < -0.39 is 10.0 Å². The van der Waals surface area contributed by atoms with Crippen LogP contribution in [0.1, 0.15) is 12.8 Å². The van der Waals surface area contributed by atoms with Crippen molar-refractivity contribution in [3.05, 3.63) is 48.5 Å². The van der Waals surface area contributed by atoms with Gasteiger partial charge in [-0.3, -0.25) is 0 Å². The lowest BCUT2D eigenvalue weighted by molar-refractivity contribution is 0.162. The van der Waals surface area contributed by atoms with E-state index in [4.69, 9.17) is 9.88 Å². The molecule has 2 aromatic rings. The maximum Gasteiger partial charge on any atom is 0.238 e. The first-order valence-corrected chi connectivity index (χ1v) is 9.18. The molecule has 0 unspecified atom stereocenters. The van der Waals surface area contributed by atoms with Gasteiger partial charge in [0.2, 0.25) is 10.0 Å². The van der Waals surface area contributed by atoms with Gasteiger partial charge in [0.1, 0.15) is 11.9 Å². The van der Waals surface area contributed by atoms with Crippen LogP contribution in [0.25, 0.3) is 11.1 Å². The lowest BCUT2D eigenvalue weighted by Crippen LogP contribution is -2.34. The van der Waals surface area contributed by atoms with Crippen molar-refractivity contribution in [3.63, 3.8) is 0 Å². The first kappa shape index (κ1) is 18.7. The summed E-state index contributed by atoms with van der Waals surface area (Å²) in [6, 6.07) is 14.2. The van der Waals surface area contributed by atoms with Crippen molar-refractivity contribution in [2.75, 3.05) is 13.1 Å². The van der Waals surface area contributed by atoms with Crippen LogP contribution < -0.4 is 15.2 Å². The van der Waals surface area contributed by atoms with E-state index in [0.29, 0.717) is 5.56 Å². The van der Waals surface area contributed by atoms with Crippen LogP contribution in [0.4, 0.5) is 0 Å². The topological polar surface area (TPSA) is 81.4 Å². The van der Waals surface area contributed by atoms with E-state index in [1.165, 1.54) is 6.07 Å². The molecular formula is C17H21ClN2O3S. The smallest absolute Gasteiger partial charge is 0.238 e. The lowest BCUT2D eigenvalue weighted by Gasteiger charge is -2.23. The quantitative estimate of drug-likeness (QED) is 0.868. The Hall–Kier alpha value is -1.60. The van der Waals surface area contributed by atoms with Gasteiger partial charge in [0.25, 0.3) is 0 Å². The fourth-order valence-corrected chi connectivity index (χ4v) is 3.53. The van der Waals surface area contributed by atoms with Crippen molar-refractivity contribution in [1.82, 2.24) is 5.32 Å². The average Bonchev–Trinajstić information content (AvgIpc) is 2.56. The molecule has 3 rings (SSSR count). The van der Waals surface area contributed by atoms with Crippen molar-refractivity contribution >= 4 is 22.4 Å². The average molecular weight is 369 g/mol. The molecule has 0 radical (unpaired) electrons. The van der Waals surface area contributed by atoms with E-state index in [1.54, 1.807) is 18.2 Å². The number of nitrogens with one attached hydrogen (secondary N) is 1. The molecular weight excluding hydrogens is 348 g/mol. The van der Waals surface area contributed by atoms with Gasteiger partial charge in [0.15, 0.2) is 0 Å². The molecule has 0 aromatic heterocycles. The highest BCUT2D eigenvalue weighted by Gasteiger charge is 2.16. The molecule has 1 fully saturated rings. The van der Waals surface area contributed by atoms with Crippen LogP contribution in [0.3, 0.4) is 0 Å². The van der Waals surface area contributed by atoms with Gasteiger partial charge in [-0.25, -0.2) is 13.6 Å². The molecule has 0 atom stereocenters. The number of sulfonamides is 1. The van der Waals surface area contributed by atoms with E-state index in [0.717, 1.165) is 37.2 Å². The van der Waals surface area contributed by atoms with Crippen molar-refractivity contribution in [2.24, 2.45) is 5.14 Å². The molecule has 3 N–H and O–H groups in total. The number of rotatable bonds is 4. The van der Waals surface area contributed by atoms with Crippen LogP contribution in [0, 0.1) is 0 Å². The van der Waals surface area contributed by atoms with Gasteiger partial charge in [0, 0.05) is 5.56 Å². The van der Waals surface area contributed by atoms with Crippen molar-refractivity contribution in [3.8, 4) is 16.9 Å². The predicted molar refractivity (Wildman–Crippen MR) is 97.0 cm³/mol. The van der Waals surface area contributed by atoms with Crippen LogP contribution in [0.2, 0.25) is 0 Å². The lowest BCUT2D eigenvalue weighted by atomic mass is 10.1. The van der Waals surface area contributed by atoms with Crippen LogP contribution in [-0.4, -0.2) is 27.6 Å². The van der Waals surface area contributed by atoms with Crippen LogP contribution in [0.15, 0.2) is 53.4 Å². The van der Waals surface area contributed by atoms with E-state index in [1.807, 2.05) is 24.3 Å². The zero-order chi connectivity index (χ0) is 16.3. The second kappa shape index (κ2) is 7.98. The number of hydrogen-bond donors (Lipinski definition) is 2. The Balaban J connectivity index is 0.00000208. The molecule has 24 heavy (non-hydrogen) atoms. The van der Waals surface area contributed by atoms with Gasteiger partial charge >= 0.3 is 0 Å². The summed E-state index contributed by atoms with van der Waals surface area (Å²) in [6.45, 7) is 1.95. The zero-order valence-electron chi connectivity index (χ0n) is 13.1. The summed E-state index contributed by atoms with van der Waals surface area (Å²) < 4.78 is 29.4. The summed E-state index contributed by atoms with van der Waals surface area (Å²) >= 11 is 0. The maximum atomic E-state index is 11.7. The van der Waals surface area contributed by atoms with Gasteiger partial charge in [-0.2, -0.15) is 0 Å². The summed E-state index contributed by atoms with van der Waals surface area (Å²) in [6.07, 6.45) is 2.23. The summed E-state index contributed by atoms with van der Waals surface area (Å²) in [4.78, 5) is 0.132. The standard InChI is InChI=1S/C17H20N2O3S.ClH/c18-23(20,21)17-4-2-1-3-16(17)13-5-7-14(8-6-13)22-15-9-11-19-12-10-15;/h1-8,15,19H,9-12H2,(H2,18,20,21);1H. The molecule has 1 aliphatic rings. The molecule has 1 heterocycles. The van der Waals surface area contributed by atoms with Crippen molar-refractivity contribution in [1.29, 1.82) is 0 Å². The molecule has 0 spiro atoms.